The lowest BCUT2D eigenvalue weighted by Gasteiger charge is -2.21. The topological polar surface area (TPSA) is 63.6 Å². The van der Waals surface area contributed by atoms with Gasteiger partial charge in [-0.1, -0.05) is 45.4 Å². The predicted molar refractivity (Wildman–Crippen MR) is 110 cm³/mol. The largest absolute Gasteiger partial charge is 0.466 e. The number of aliphatic hydroxyl groups is 1. The Hall–Kier alpha value is -0.900. The molecule has 1 unspecified atom stereocenters. The quantitative estimate of drug-likeness (QED) is 0.285. The summed E-state index contributed by atoms with van der Waals surface area (Å²) in [6, 6.07) is 0. The van der Waals surface area contributed by atoms with Gasteiger partial charge in [0.25, 0.3) is 0 Å². The van der Waals surface area contributed by atoms with Crippen molar-refractivity contribution in [1.29, 1.82) is 0 Å². The van der Waals surface area contributed by atoms with Crippen LogP contribution in [0.5, 0.6) is 0 Å². The number of carbonyl (C=O) groups is 2. The van der Waals surface area contributed by atoms with Gasteiger partial charge < -0.3 is 9.84 Å². The van der Waals surface area contributed by atoms with Gasteiger partial charge in [0.05, 0.1) is 6.61 Å². The molecule has 158 valence electrons. The summed E-state index contributed by atoms with van der Waals surface area (Å²) in [5.74, 6) is 1.54. The molecule has 1 rings (SSSR count). The number of Topliss-reactive ketones (excluding diaryl/α,β-unsaturated/α-hetero) is 1. The van der Waals surface area contributed by atoms with E-state index in [0.29, 0.717) is 30.6 Å². The SMILES string of the molecule is CCCCCC(CO)CC[C@H]1CCC(=O)[C@@H]1CCCCCCC(=O)OCC. The van der Waals surface area contributed by atoms with Gasteiger partial charge in [-0.25, -0.2) is 0 Å². The van der Waals surface area contributed by atoms with Crippen LogP contribution in [0.4, 0.5) is 0 Å². The zero-order valence-electron chi connectivity index (χ0n) is 17.7. The second kappa shape index (κ2) is 15.1. The first kappa shape index (κ1) is 24.1. The van der Waals surface area contributed by atoms with Gasteiger partial charge in [0, 0.05) is 25.4 Å². The minimum Gasteiger partial charge on any atom is -0.466 e. The molecular formula is C23H42O4. The average molecular weight is 383 g/mol. The fourth-order valence-corrected chi connectivity index (χ4v) is 4.40. The Labute approximate surface area is 166 Å². The summed E-state index contributed by atoms with van der Waals surface area (Å²) in [4.78, 5) is 23.6. The Bertz CT molecular complexity index is 407. The van der Waals surface area contributed by atoms with E-state index in [-0.39, 0.29) is 18.5 Å². The van der Waals surface area contributed by atoms with Crippen LogP contribution in [0.3, 0.4) is 0 Å². The molecule has 0 aliphatic heterocycles. The fourth-order valence-electron chi connectivity index (χ4n) is 4.40. The number of aliphatic hydroxyl groups excluding tert-OH is 1. The Morgan fingerprint density at radius 3 is 2.56 bits per heavy atom. The van der Waals surface area contributed by atoms with E-state index in [0.717, 1.165) is 64.2 Å². The maximum Gasteiger partial charge on any atom is 0.305 e. The Balaban J connectivity index is 2.22. The van der Waals surface area contributed by atoms with E-state index in [1.807, 2.05) is 6.92 Å². The van der Waals surface area contributed by atoms with Crippen LogP contribution in [0.1, 0.15) is 104 Å². The van der Waals surface area contributed by atoms with E-state index in [4.69, 9.17) is 4.74 Å². The highest BCUT2D eigenvalue weighted by Gasteiger charge is 2.33. The zero-order valence-corrected chi connectivity index (χ0v) is 17.7. The molecule has 0 heterocycles. The molecule has 0 saturated heterocycles. The van der Waals surface area contributed by atoms with Crippen LogP contribution in [0.2, 0.25) is 0 Å². The molecule has 1 fully saturated rings. The Kier molecular flexibility index (Phi) is 13.5. The van der Waals surface area contributed by atoms with E-state index >= 15 is 0 Å². The average Bonchev–Trinajstić information content (AvgIpc) is 3.01. The van der Waals surface area contributed by atoms with E-state index in [1.54, 1.807) is 0 Å². The van der Waals surface area contributed by atoms with Crippen LogP contribution in [0, 0.1) is 17.8 Å². The lowest BCUT2D eigenvalue weighted by molar-refractivity contribution is -0.143. The minimum absolute atomic E-state index is 0.0964. The van der Waals surface area contributed by atoms with Gasteiger partial charge in [-0.05, 0) is 57.3 Å². The number of hydrogen-bond acceptors (Lipinski definition) is 4. The van der Waals surface area contributed by atoms with Gasteiger partial charge in [-0.15, -0.1) is 0 Å². The molecule has 0 bridgehead atoms. The smallest absolute Gasteiger partial charge is 0.305 e. The van der Waals surface area contributed by atoms with Gasteiger partial charge in [-0.3, -0.25) is 9.59 Å². The van der Waals surface area contributed by atoms with Crippen molar-refractivity contribution in [2.45, 2.75) is 104 Å². The van der Waals surface area contributed by atoms with E-state index < -0.39 is 0 Å². The molecule has 0 aromatic heterocycles. The zero-order chi connectivity index (χ0) is 19.9. The summed E-state index contributed by atoms with van der Waals surface area (Å²) in [6.07, 6.45) is 14.3. The molecule has 0 aromatic carbocycles. The van der Waals surface area contributed by atoms with Gasteiger partial charge in [0.2, 0.25) is 0 Å². The number of esters is 1. The van der Waals surface area contributed by atoms with Crippen molar-refractivity contribution in [3.8, 4) is 0 Å². The van der Waals surface area contributed by atoms with Crippen LogP contribution in [0.25, 0.3) is 0 Å². The predicted octanol–water partition coefficient (Wildman–Crippen LogP) is 5.45. The molecule has 27 heavy (non-hydrogen) atoms. The molecule has 0 amide bonds. The second-order valence-electron chi connectivity index (χ2n) is 8.25. The summed E-state index contributed by atoms with van der Waals surface area (Å²) in [5, 5.41) is 9.61. The lowest BCUT2D eigenvalue weighted by atomic mass is 9.84. The van der Waals surface area contributed by atoms with Crippen molar-refractivity contribution >= 4 is 11.8 Å². The first-order chi connectivity index (χ1) is 13.1. The fraction of sp³-hybridized carbons (Fsp3) is 0.913. The molecule has 1 aliphatic rings. The van der Waals surface area contributed by atoms with Crippen LogP contribution in [0.15, 0.2) is 0 Å². The Morgan fingerprint density at radius 2 is 1.85 bits per heavy atom. The number of ether oxygens (including phenoxy) is 1. The van der Waals surface area contributed by atoms with Crippen LogP contribution < -0.4 is 0 Å². The molecule has 0 spiro atoms. The van der Waals surface area contributed by atoms with Crippen molar-refractivity contribution in [2.75, 3.05) is 13.2 Å². The second-order valence-corrected chi connectivity index (χ2v) is 8.25. The molecule has 1 saturated carbocycles. The third-order valence-electron chi connectivity index (χ3n) is 6.12. The van der Waals surface area contributed by atoms with Crippen LogP contribution in [-0.4, -0.2) is 30.1 Å². The van der Waals surface area contributed by atoms with Gasteiger partial charge in [0.15, 0.2) is 0 Å². The maximum absolute atomic E-state index is 12.3. The standard InChI is InChI=1S/C23H42O4/c1-3-5-8-11-19(18-24)14-15-20-16-17-22(25)21(20)12-9-6-7-10-13-23(26)27-4-2/h19-21,24H,3-18H2,1-2H3/t19?,20-,21+/m0/s1. The summed E-state index contributed by atoms with van der Waals surface area (Å²) >= 11 is 0. The normalized spacial score (nSPS) is 20.8. The highest BCUT2D eigenvalue weighted by atomic mass is 16.5. The molecule has 3 atom stereocenters. The number of carbonyl (C=O) groups excluding carboxylic acids is 2. The van der Waals surface area contributed by atoms with Crippen LogP contribution in [-0.2, 0) is 14.3 Å². The Morgan fingerprint density at radius 1 is 1.07 bits per heavy atom. The van der Waals surface area contributed by atoms with Crippen molar-refractivity contribution in [3.63, 3.8) is 0 Å². The summed E-state index contributed by atoms with van der Waals surface area (Å²) in [5.41, 5.74) is 0. The maximum atomic E-state index is 12.3. The van der Waals surface area contributed by atoms with E-state index in [2.05, 4.69) is 6.92 Å². The first-order valence-electron chi connectivity index (χ1n) is 11.4. The van der Waals surface area contributed by atoms with E-state index in [9.17, 15) is 14.7 Å². The number of ketones is 1. The van der Waals surface area contributed by atoms with Crippen molar-refractivity contribution in [1.82, 2.24) is 0 Å². The van der Waals surface area contributed by atoms with Crippen molar-refractivity contribution in [2.24, 2.45) is 17.8 Å². The molecule has 0 radical (unpaired) electrons. The third-order valence-corrected chi connectivity index (χ3v) is 6.12. The highest BCUT2D eigenvalue weighted by Crippen LogP contribution is 2.37. The van der Waals surface area contributed by atoms with Crippen molar-refractivity contribution in [3.05, 3.63) is 0 Å². The van der Waals surface area contributed by atoms with Crippen LogP contribution >= 0.6 is 0 Å². The summed E-state index contributed by atoms with van der Waals surface area (Å²) < 4.78 is 4.94. The van der Waals surface area contributed by atoms with Crippen molar-refractivity contribution < 1.29 is 19.4 Å². The molecular weight excluding hydrogens is 340 g/mol. The molecule has 0 aromatic rings. The number of unbranched alkanes of at least 4 members (excludes halogenated alkanes) is 5. The van der Waals surface area contributed by atoms with E-state index in [1.165, 1.54) is 19.3 Å². The summed E-state index contributed by atoms with van der Waals surface area (Å²) in [6.45, 7) is 4.79. The first-order valence-corrected chi connectivity index (χ1v) is 11.4. The highest BCUT2D eigenvalue weighted by molar-refractivity contribution is 5.83. The van der Waals surface area contributed by atoms with Gasteiger partial charge in [0.1, 0.15) is 5.78 Å². The monoisotopic (exact) mass is 382 g/mol. The molecule has 4 heteroatoms. The van der Waals surface area contributed by atoms with Gasteiger partial charge >= 0.3 is 5.97 Å². The summed E-state index contributed by atoms with van der Waals surface area (Å²) in [7, 11) is 0. The lowest BCUT2D eigenvalue weighted by Crippen LogP contribution is -2.17. The molecule has 4 nitrogen and oxygen atoms in total. The number of hydrogen-bond donors (Lipinski definition) is 1. The minimum atomic E-state index is -0.0964. The molecule has 1 aliphatic carbocycles. The third kappa shape index (κ3) is 10.3. The molecule has 1 N–H and O–H groups in total. The van der Waals surface area contributed by atoms with Gasteiger partial charge in [-0.2, -0.15) is 0 Å². The number of rotatable bonds is 16.